The molecule has 1 aromatic rings. The van der Waals surface area contributed by atoms with Gasteiger partial charge in [-0.1, -0.05) is 13.3 Å². The lowest BCUT2D eigenvalue weighted by Crippen LogP contribution is -2.40. The molecule has 1 N–H and O–H groups in total. The van der Waals surface area contributed by atoms with Gasteiger partial charge >= 0.3 is 0 Å². The number of hydrogen-bond donors (Lipinski definition) is 1. The highest BCUT2D eigenvalue weighted by molar-refractivity contribution is 7.91. The molecule has 1 saturated carbocycles. The Morgan fingerprint density at radius 1 is 1.40 bits per heavy atom. The minimum atomic E-state index is -3.24. The molecule has 0 amide bonds. The zero-order valence-electron chi connectivity index (χ0n) is 11.7. The fraction of sp³-hybridized carbons (Fsp3) is 0.600. The number of halogens is 1. The molecule has 5 heteroatoms. The Morgan fingerprint density at radius 2 is 2.15 bits per heavy atom. The van der Waals surface area contributed by atoms with Crippen LogP contribution < -0.4 is 5.32 Å². The summed E-state index contributed by atoms with van der Waals surface area (Å²) in [5, 5.41) is 3.45. The molecule has 1 aromatic carbocycles. The maximum absolute atomic E-state index is 13.4. The van der Waals surface area contributed by atoms with Crippen molar-refractivity contribution in [1.29, 1.82) is 0 Å². The number of rotatable bonds is 3. The monoisotopic (exact) mass is 297 g/mol. The smallest absolute Gasteiger partial charge is 0.178 e. The van der Waals surface area contributed by atoms with Gasteiger partial charge in [0.05, 0.1) is 10.6 Å². The molecule has 1 heterocycles. The minimum absolute atomic E-state index is 0.0540. The first-order chi connectivity index (χ1) is 9.40. The molecule has 0 spiro atoms. The Bertz CT molecular complexity index is 623. The summed E-state index contributed by atoms with van der Waals surface area (Å²) in [5.74, 6) is -0.234. The molecular formula is C15H20FNO2S. The Hall–Kier alpha value is -0.940. The molecule has 1 fully saturated rings. The molecule has 3 rings (SSSR count). The molecule has 0 saturated heterocycles. The van der Waals surface area contributed by atoms with Crippen molar-refractivity contribution in [2.45, 2.75) is 43.5 Å². The van der Waals surface area contributed by atoms with Crippen LogP contribution in [0.25, 0.3) is 0 Å². The van der Waals surface area contributed by atoms with Crippen molar-refractivity contribution < 1.29 is 12.8 Å². The van der Waals surface area contributed by atoms with Crippen LogP contribution in [0.1, 0.15) is 44.2 Å². The SMILES string of the molecule is CC1(CNC2CCS(=O)(=O)c3ccc(F)cc32)CCC1. The van der Waals surface area contributed by atoms with Crippen LogP contribution in [0.3, 0.4) is 0 Å². The van der Waals surface area contributed by atoms with Crippen molar-refractivity contribution in [3.63, 3.8) is 0 Å². The number of fused-ring (bicyclic) bond motifs is 1. The second kappa shape index (κ2) is 4.81. The van der Waals surface area contributed by atoms with Gasteiger partial charge in [0.2, 0.25) is 0 Å². The van der Waals surface area contributed by atoms with Gasteiger partial charge in [-0.05, 0) is 48.4 Å². The zero-order valence-corrected chi connectivity index (χ0v) is 12.5. The molecule has 0 aromatic heterocycles. The predicted octanol–water partition coefficient (Wildman–Crippen LogP) is 2.82. The maximum atomic E-state index is 13.4. The van der Waals surface area contributed by atoms with Crippen LogP contribution in [0.4, 0.5) is 4.39 Å². The van der Waals surface area contributed by atoms with E-state index in [0.29, 0.717) is 22.3 Å². The van der Waals surface area contributed by atoms with Gasteiger partial charge in [0.15, 0.2) is 9.84 Å². The second-order valence-corrected chi connectivity index (χ2v) is 8.46. The number of sulfone groups is 1. The summed E-state index contributed by atoms with van der Waals surface area (Å²) in [7, 11) is -3.24. The average molecular weight is 297 g/mol. The fourth-order valence-corrected chi connectivity index (χ4v) is 4.75. The van der Waals surface area contributed by atoms with Crippen molar-refractivity contribution >= 4 is 9.84 Å². The summed E-state index contributed by atoms with van der Waals surface area (Å²) in [5.41, 5.74) is 0.920. The maximum Gasteiger partial charge on any atom is 0.178 e. The standard InChI is InChI=1S/C15H20FNO2S/c1-15(6-2-7-15)10-17-13-5-8-20(18,19)14-4-3-11(16)9-12(13)14/h3-4,9,13,17H,2,5-8,10H2,1H3. The summed E-state index contributed by atoms with van der Waals surface area (Å²) in [6.07, 6.45) is 4.21. The number of benzene rings is 1. The highest BCUT2D eigenvalue weighted by Gasteiger charge is 2.35. The highest BCUT2D eigenvalue weighted by atomic mass is 32.2. The van der Waals surface area contributed by atoms with E-state index in [-0.39, 0.29) is 17.6 Å². The van der Waals surface area contributed by atoms with E-state index in [4.69, 9.17) is 0 Å². The van der Waals surface area contributed by atoms with Crippen molar-refractivity contribution in [1.82, 2.24) is 5.32 Å². The Kier molecular flexibility index (Phi) is 3.37. The highest BCUT2D eigenvalue weighted by Crippen LogP contribution is 2.41. The molecule has 3 nitrogen and oxygen atoms in total. The van der Waals surface area contributed by atoms with E-state index in [1.165, 1.54) is 37.5 Å². The van der Waals surface area contributed by atoms with Crippen molar-refractivity contribution in [3.8, 4) is 0 Å². The summed E-state index contributed by atoms with van der Waals surface area (Å²) in [6.45, 7) is 3.11. The van der Waals surface area contributed by atoms with Crippen LogP contribution in [0.5, 0.6) is 0 Å². The van der Waals surface area contributed by atoms with Crippen LogP contribution in [0.2, 0.25) is 0 Å². The van der Waals surface area contributed by atoms with E-state index in [1.807, 2.05) is 0 Å². The topological polar surface area (TPSA) is 46.2 Å². The molecule has 0 radical (unpaired) electrons. The van der Waals surface area contributed by atoms with Gasteiger partial charge < -0.3 is 5.32 Å². The zero-order chi connectivity index (χ0) is 14.4. The van der Waals surface area contributed by atoms with E-state index in [0.717, 1.165) is 6.54 Å². The Balaban J connectivity index is 1.85. The molecule has 110 valence electrons. The number of hydrogen-bond acceptors (Lipinski definition) is 3. The first-order valence-corrected chi connectivity index (χ1v) is 8.81. The summed E-state index contributed by atoms with van der Waals surface area (Å²) in [4.78, 5) is 0.293. The van der Waals surface area contributed by atoms with Gasteiger partial charge in [0, 0.05) is 12.6 Å². The van der Waals surface area contributed by atoms with Gasteiger partial charge in [-0.3, -0.25) is 0 Å². The van der Waals surface area contributed by atoms with Crippen LogP contribution in [0.15, 0.2) is 23.1 Å². The van der Waals surface area contributed by atoms with Crippen LogP contribution >= 0.6 is 0 Å². The minimum Gasteiger partial charge on any atom is -0.309 e. The van der Waals surface area contributed by atoms with Crippen molar-refractivity contribution in [2.75, 3.05) is 12.3 Å². The third-order valence-corrected chi connectivity index (χ3v) is 6.51. The van der Waals surface area contributed by atoms with E-state index in [2.05, 4.69) is 12.2 Å². The largest absolute Gasteiger partial charge is 0.309 e. The molecule has 20 heavy (non-hydrogen) atoms. The van der Waals surface area contributed by atoms with E-state index >= 15 is 0 Å². The third-order valence-electron chi connectivity index (χ3n) is 4.69. The van der Waals surface area contributed by atoms with Gasteiger partial charge in [0.1, 0.15) is 5.82 Å². The molecule has 1 atom stereocenters. The van der Waals surface area contributed by atoms with E-state index in [1.54, 1.807) is 0 Å². The quantitative estimate of drug-likeness (QED) is 0.873. The predicted molar refractivity (Wildman–Crippen MR) is 75.8 cm³/mol. The van der Waals surface area contributed by atoms with Crippen molar-refractivity contribution in [2.24, 2.45) is 5.41 Å². The molecule has 1 aliphatic heterocycles. The molecular weight excluding hydrogens is 277 g/mol. The summed E-state index contributed by atoms with van der Waals surface area (Å²) >= 11 is 0. The van der Waals surface area contributed by atoms with Crippen molar-refractivity contribution in [3.05, 3.63) is 29.6 Å². The second-order valence-electron chi connectivity index (χ2n) is 6.39. The molecule has 2 aliphatic rings. The fourth-order valence-electron chi connectivity index (χ4n) is 3.15. The lowest BCUT2D eigenvalue weighted by atomic mass is 9.70. The molecule has 1 aliphatic carbocycles. The summed E-state index contributed by atoms with van der Waals surface area (Å²) < 4.78 is 37.5. The van der Waals surface area contributed by atoms with Crippen LogP contribution in [-0.2, 0) is 9.84 Å². The normalized spacial score (nSPS) is 26.6. The first-order valence-electron chi connectivity index (χ1n) is 7.15. The molecule has 0 bridgehead atoms. The average Bonchev–Trinajstić information content (AvgIpc) is 2.35. The Labute approximate surface area is 119 Å². The third kappa shape index (κ3) is 2.49. The van der Waals surface area contributed by atoms with Gasteiger partial charge in [-0.15, -0.1) is 0 Å². The summed E-state index contributed by atoms with van der Waals surface area (Å²) in [6, 6.07) is 3.94. The van der Waals surface area contributed by atoms with Crippen LogP contribution in [-0.4, -0.2) is 20.7 Å². The Morgan fingerprint density at radius 3 is 2.80 bits per heavy atom. The van der Waals surface area contributed by atoms with Crippen LogP contribution in [0, 0.1) is 11.2 Å². The van der Waals surface area contributed by atoms with Gasteiger partial charge in [0.25, 0.3) is 0 Å². The van der Waals surface area contributed by atoms with E-state index in [9.17, 15) is 12.8 Å². The van der Waals surface area contributed by atoms with Gasteiger partial charge in [-0.2, -0.15) is 0 Å². The molecule has 1 unspecified atom stereocenters. The van der Waals surface area contributed by atoms with E-state index < -0.39 is 9.84 Å². The first kappa shape index (κ1) is 14.0. The number of nitrogens with one attached hydrogen (secondary N) is 1. The lowest BCUT2D eigenvalue weighted by molar-refractivity contribution is 0.150. The lowest BCUT2D eigenvalue weighted by Gasteiger charge is -2.40. The van der Waals surface area contributed by atoms with Gasteiger partial charge in [-0.25, -0.2) is 12.8 Å².